The second kappa shape index (κ2) is 7.94. The van der Waals surface area contributed by atoms with Crippen LogP contribution >= 0.6 is 11.3 Å². The van der Waals surface area contributed by atoms with E-state index in [1.165, 1.54) is 11.3 Å². The predicted octanol–water partition coefficient (Wildman–Crippen LogP) is 4.01. The number of nitriles is 1. The number of carbonyl (C=O) groups excluding carboxylic acids is 2. The SMILES string of the molecule is CNC(=O)c1c(NC(=O)/C(C#N)=C\c2c[nH]c3ccccc23)sc2c1CCCC2. The Kier molecular flexibility index (Phi) is 5.19. The van der Waals surface area contributed by atoms with Gasteiger partial charge in [-0.15, -0.1) is 11.3 Å². The summed E-state index contributed by atoms with van der Waals surface area (Å²) >= 11 is 1.44. The molecule has 4 rings (SSSR count). The molecule has 146 valence electrons. The molecule has 3 N–H and O–H groups in total. The van der Waals surface area contributed by atoms with E-state index < -0.39 is 5.91 Å². The van der Waals surface area contributed by atoms with Crippen LogP contribution in [0, 0.1) is 11.3 Å². The van der Waals surface area contributed by atoms with Crippen molar-refractivity contribution in [2.45, 2.75) is 25.7 Å². The fraction of sp³-hybridized carbons (Fsp3) is 0.227. The molecule has 0 spiro atoms. The van der Waals surface area contributed by atoms with Gasteiger partial charge in [0.2, 0.25) is 0 Å². The zero-order valence-electron chi connectivity index (χ0n) is 16.0. The number of rotatable bonds is 4. The predicted molar refractivity (Wildman–Crippen MR) is 115 cm³/mol. The molecule has 1 aliphatic rings. The number of benzene rings is 1. The molecule has 2 amide bonds. The molecular weight excluding hydrogens is 384 g/mol. The van der Waals surface area contributed by atoms with Gasteiger partial charge >= 0.3 is 0 Å². The van der Waals surface area contributed by atoms with Crippen LogP contribution in [-0.4, -0.2) is 23.8 Å². The Hall–Kier alpha value is -3.37. The van der Waals surface area contributed by atoms with Crippen LogP contribution in [-0.2, 0) is 17.6 Å². The zero-order chi connectivity index (χ0) is 20.4. The fourth-order valence-electron chi connectivity index (χ4n) is 3.71. The number of nitrogens with zero attached hydrogens (tertiary/aromatic N) is 1. The second-order valence-corrected chi connectivity index (χ2v) is 8.01. The van der Waals surface area contributed by atoms with Crippen molar-refractivity contribution >= 4 is 45.1 Å². The number of thiophene rings is 1. The second-order valence-electron chi connectivity index (χ2n) is 6.91. The highest BCUT2D eigenvalue weighted by atomic mass is 32.1. The first-order chi connectivity index (χ1) is 14.1. The fourth-order valence-corrected chi connectivity index (χ4v) is 4.99. The van der Waals surface area contributed by atoms with Gasteiger partial charge in [-0.2, -0.15) is 5.26 Å². The molecule has 29 heavy (non-hydrogen) atoms. The molecular formula is C22H20N4O2S. The Balaban J connectivity index is 1.67. The van der Waals surface area contributed by atoms with E-state index in [0.29, 0.717) is 10.6 Å². The Bertz CT molecular complexity index is 1180. The minimum atomic E-state index is -0.512. The van der Waals surface area contributed by atoms with E-state index >= 15 is 0 Å². The van der Waals surface area contributed by atoms with E-state index in [-0.39, 0.29) is 11.5 Å². The van der Waals surface area contributed by atoms with Crippen molar-refractivity contribution in [3.8, 4) is 6.07 Å². The number of hydrogen-bond donors (Lipinski definition) is 3. The number of hydrogen-bond acceptors (Lipinski definition) is 4. The van der Waals surface area contributed by atoms with Crippen LogP contribution in [0.1, 0.15) is 39.2 Å². The van der Waals surface area contributed by atoms with Gasteiger partial charge in [-0.1, -0.05) is 18.2 Å². The lowest BCUT2D eigenvalue weighted by molar-refractivity contribution is -0.112. The molecule has 1 aromatic carbocycles. The van der Waals surface area contributed by atoms with E-state index in [4.69, 9.17) is 0 Å². The van der Waals surface area contributed by atoms with Gasteiger partial charge in [0.05, 0.1) is 5.56 Å². The first kappa shape index (κ1) is 19.0. The normalized spacial score (nSPS) is 13.6. The van der Waals surface area contributed by atoms with Gasteiger partial charge in [0.1, 0.15) is 16.6 Å². The molecule has 0 radical (unpaired) electrons. The Morgan fingerprint density at radius 1 is 1.24 bits per heavy atom. The minimum Gasteiger partial charge on any atom is -0.361 e. The minimum absolute atomic E-state index is 0.0102. The maximum absolute atomic E-state index is 12.8. The van der Waals surface area contributed by atoms with E-state index in [2.05, 4.69) is 15.6 Å². The maximum Gasteiger partial charge on any atom is 0.266 e. The molecule has 2 aromatic heterocycles. The number of para-hydroxylation sites is 1. The first-order valence-electron chi connectivity index (χ1n) is 9.48. The van der Waals surface area contributed by atoms with Crippen molar-refractivity contribution in [3.63, 3.8) is 0 Å². The van der Waals surface area contributed by atoms with Gasteiger partial charge in [0.25, 0.3) is 11.8 Å². The molecule has 0 bridgehead atoms. The number of aromatic amines is 1. The highest BCUT2D eigenvalue weighted by molar-refractivity contribution is 7.17. The quantitative estimate of drug-likeness (QED) is 0.453. The molecule has 3 aromatic rings. The molecule has 0 unspecified atom stereocenters. The molecule has 6 nitrogen and oxygen atoms in total. The largest absolute Gasteiger partial charge is 0.361 e. The first-order valence-corrected chi connectivity index (χ1v) is 10.3. The molecule has 0 fully saturated rings. The third-order valence-corrected chi connectivity index (χ3v) is 6.35. The van der Waals surface area contributed by atoms with E-state index in [0.717, 1.165) is 52.6 Å². The van der Waals surface area contributed by atoms with Crippen molar-refractivity contribution < 1.29 is 9.59 Å². The van der Waals surface area contributed by atoms with Crippen LogP contribution in [0.5, 0.6) is 0 Å². The third kappa shape index (κ3) is 3.55. The van der Waals surface area contributed by atoms with Gasteiger partial charge in [-0.05, 0) is 43.4 Å². The number of amides is 2. The number of H-pyrrole nitrogens is 1. The van der Waals surface area contributed by atoms with Crippen LogP contribution < -0.4 is 10.6 Å². The van der Waals surface area contributed by atoms with Crippen LogP contribution in [0.4, 0.5) is 5.00 Å². The summed E-state index contributed by atoms with van der Waals surface area (Å²) in [4.78, 5) is 29.6. The average Bonchev–Trinajstić information content (AvgIpc) is 3.32. The molecule has 1 aliphatic carbocycles. The van der Waals surface area contributed by atoms with Crippen molar-refractivity contribution in [2.24, 2.45) is 0 Å². The van der Waals surface area contributed by atoms with Crippen LogP contribution in [0.3, 0.4) is 0 Å². The van der Waals surface area contributed by atoms with Crippen LogP contribution in [0.2, 0.25) is 0 Å². The Morgan fingerprint density at radius 3 is 2.83 bits per heavy atom. The van der Waals surface area contributed by atoms with Gasteiger partial charge < -0.3 is 15.6 Å². The third-order valence-electron chi connectivity index (χ3n) is 5.14. The van der Waals surface area contributed by atoms with Gasteiger partial charge in [-0.25, -0.2) is 0 Å². The number of carbonyl (C=O) groups is 2. The van der Waals surface area contributed by atoms with Crippen LogP contribution in [0.15, 0.2) is 36.0 Å². The standard InChI is InChI=1S/C22H20N4O2S/c1-24-21(28)19-16-7-3-5-9-18(16)29-22(19)26-20(27)13(11-23)10-14-12-25-17-8-4-2-6-15(14)17/h2,4,6,8,10,12,25H,3,5,7,9H2,1H3,(H,24,28)(H,26,27)/b13-10-. The van der Waals surface area contributed by atoms with E-state index in [9.17, 15) is 14.9 Å². The topological polar surface area (TPSA) is 97.8 Å². The monoisotopic (exact) mass is 404 g/mol. The highest BCUT2D eigenvalue weighted by Gasteiger charge is 2.26. The van der Waals surface area contributed by atoms with E-state index in [1.54, 1.807) is 19.3 Å². The van der Waals surface area contributed by atoms with Gasteiger partial charge in [0.15, 0.2) is 0 Å². The van der Waals surface area contributed by atoms with Gasteiger partial charge in [0, 0.05) is 34.6 Å². The number of anilines is 1. The highest BCUT2D eigenvalue weighted by Crippen LogP contribution is 2.38. The summed E-state index contributed by atoms with van der Waals surface area (Å²) < 4.78 is 0. The van der Waals surface area contributed by atoms with Crippen molar-refractivity contribution in [3.05, 3.63) is 57.6 Å². The van der Waals surface area contributed by atoms with Crippen LogP contribution in [0.25, 0.3) is 17.0 Å². The van der Waals surface area contributed by atoms with Crippen molar-refractivity contribution in [1.82, 2.24) is 10.3 Å². The zero-order valence-corrected chi connectivity index (χ0v) is 16.8. The summed E-state index contributed by atoms with van der Waals surface area (Å²) in [6, 6.07) is 9.68. The molecule has 0 saturated heterocycles. The lowest BCUT2D eigenvalue weighted by Crippen LogP contribution is -2.22. The molecule has 0 atom stereocenters. The van der Waals surface area contributed by atoms with Crippen molar-refractivity contribution in [2.75, 3.05) is 12.4 Å². The summed E-state index contributed by atoms with van der Waals surface area (Å²) in [6.07, 6.45) is 7.20. The smallest absolute Gasteiger partial charge is 0.266 e. The maximum atomic E-state index is 12.8. The van der Waals surface area contributed by atoms with Gasteiger partial charge in [-0.3, -0.25) is 9.59 Å². The number of fused-ring (bicyclic) bond motifs is 2. The number of nitrogens with one attached hydrogen (secondary N) is 3. The lowest BCUT2D eigenvalue weighted by atomic mass is 9.95. The summed E-state index contributed by atoms with van der Waals surface area (Å²) in [6.45, 7) is 0. The van der Waals surface area contributed by atoms with Crippen molar-refractivity contribution in [1.29, 1.82) is 5.26 Å². The number of aryl methyl sites for hydroxylation is 1. The summed E-state index contributed by atoms with van der Waals surface area (Å²) in [5.41, 5.74) is 3.25. The average molecular weight is 404 g/mol. The molecule has 0 aliphatic heterocycles. The summed E-state index contributed by atoms with van der Waals surface area (Å²) in [5.74, 6) is -0.722. The lowest BCUT2D eigenvalue weighted by Gasteiger charge is -2.12. The summed E-state index contributed by atoms with van der Waals surface area (Å²) in [7, 11) is 1.58. The van der Waals surface area contributed by atoms with E-state index in [1.807, 2.05) is 30.3 Å². The molecule has 2 heterocycles. The number of aromatic nitrogens is 1. The molecule has 0 saturated carbocycles. The Labute approximate surface area is 172 Å². The summed E-state index contributed by atoms with van der Waals surface area (Å²) in [5, 5.41) is 16.5. The molecule has 7 heteroatoms. The Morgan fingerprint density at radius 2 is 2.03 bits per heavy atom.